The summed E-state index contributed by atoms with van der Waals surface area (Å²) in [5.41, 5.74) is -0.622. The zero-order valence-electron chi connectivity index (χ0n) is 18.9. The average Bonchev–Trinajstić information content (AvgIpc) is 2.72. The molecule has 2 rings (SSSR count). The second-order valence-corrected chi connectivity index (χ2v) is 9.11. The topological polar surface area (TPSA) is 58.2 Å². The maximum atomic E-state index is 14.9. The monoisotopic (exact) mass is 592 g/mol. The van der Waals surface area contributed by atoms with Crippen LogP contribution >= 0.6 is 34.8 Å². The van der Waals surface area contributed by atoms with E-state index in [1.807, 2.05) is 5.32 Å². The first-order valence-corrected chi connectivity index (χ1v) is 11.4. The summed E-state index contributed by atoms with van der Waals surface area (Å²) in [6.07, 6.45) is -12.2. The fourth-order valence-electron chi connectivity index (χ4n) is 3.23. The van der Waals surface area contributed by atoms with Crippen molar-refractivity contribution in [3.8, 4) is 0 Å². The molecule has 0 saturated carbocycles. The molecular weight excluding hydrogens is 576 g/mol. The maximum Gasteiger partial charge on any atom is 0.399 e. The van der Waals surface area contributed by atoms with Crippen LogP contribution in [0.15, 0.2) is 36.4 Å². The molecule has 2 amide bonds. The number of alkyl halides is 6. The Bertz CT molecular complexity index is 1190. The van der Waals surface area contributed by atoms with Gasteiger partial charge in [-0.2, -0.15) is 26.3 Å². The van der Waals surface area contributed by atoms with Gasteiger partial charge in [0.25, 0.3) is 5.91 Å². The van der Waals surface area contributed by atoms with Crippen molar-refractivity contribution in [1.29, 1.82) is 0 Å². The standard InChI is InChI=1S/C23H18Cl3F7N2O2/c1-10-5-12(3-4-14(10)21(37)35-11(2)34-19(36)9-22(28,29)30)18(27)8-15(23(31,32)33)13-6-16(24)20(26)17(25)7-13/h3-8,11,15H,9H2,1-2H3,(H,34,36)(H,35,37)/b18-8-. The molecule has 2 unspecified atom stereocenters. The summed E-state index contributed by atoms with van der Waals surface area (Å²) >= 11 is 17.4. The van der Waals surface area contributed by atoms with Gasteiger partial charge in [0.2, 0.25) is 5.91 Å². The normalized spacial score (nSPS) is 14.2. The summed E-state index contributed by atoms with van der Waals surface area (Å²) in [5.74, 6) is -5.86. The fourth-order valence-corrected chi connectivity index (χ4v) is 3.84. The molecule has 0 aromatic heterocycles. The quantitative estimate of drug-likeness (QED) is 0.196. The van der Waals surface area contributed by atoms with Crippen molar-refractivity contribution >= 4 is 52.4 Å². The van der Waals surface area contributed by atoms with Gasteiger partial charge in [-0.05, 0) is 55.3 Å². The maximum absolute atomic E-state index is 14.9. The van der Waals surface area contributed by atoms with Crippen LogP contribution in [0.5, 0.6) is 0 Å². The summed E-state index contributed by atoms with van der Waals surface area (Å²) in [6.45, 7) is 2.60. The molecule has 2 aromatic carbocycles. The zero-order valence-corrected chi connectivity index (χ0v) is 21.2. The molecular formula is C23H18Cl3F7N2O2. The van der Waals surface area contributed by atoms with Gasteiger partial charge in [-0.3, -0.25) is 9.59 Å². The van der Waals surface area contributed by atoms with Crippen LogP contribution in [-0.2, 0) is 4.79 Å². The molecule has 2 aromatic rings. The van der Waals surface area contributed by atoms with E-state index in [4.69, 9.17) is 34.8 Å². The van der Waals surface area contributed by atoms with Crippen LogP contribution < -0.4 is 10.6 Å². The van der Waals surface area contributed by atoms with E-state index in [2.05, 4.69) is 5.32 Å². The molecule has 0 aliphatic heterocycles. The molecule has 0 fully saturated rings. The molecule has 0 heterocycles. The lowest BCUT2D eigenvalue weighted by Gasteiger charge is -2.19. The van der Waals surface area contributed by atoms with Crippen LogP contribution in [0.2, 0.25) is 15.1 Å². The summed E-state index contributed by atoms with van der Waals surface area (Å²) in [7, 11) is 0. The molecule has 37 heavy (non-hydrogen) atoms. The molecule has 2 N–H and O–H groups in total. The fraction of sp³-hybridized carbons (Fsp3) is 0.304. The molecule has 0 bridgehead atoms. The summed E-state index contributed by atoms with van der Waals surface area (Å²) in [5, 5.41) is 3.56. The number of halogens is 10. The van der Waals surface area contributed by atoms with E-state index in [1.165, 1.54) is 13.8 Å². The van der Waals surface area contributed by atoms with Crippen LogP contribution in [0.4, 0.5) is 30.7 Å². The minimum Gasteiger partial charge on any atom is -0.336 e. The molecule has 0 radical (unpaired) electrons. The van der Waals surface area contributed by atoms with E-state index in [1.54, 1.807) is 0 Å². The van der Waals surface area contributed by atoms with Gasteiger partial charge >= 0.3 is 12.4 Å². The number of hydrogen-bond acceptors (Lipinski definition) is 2. The molecule has 14 heteroatoms. The Morgan fingerprint density at radius 2 is 1.54 bits per heavy atom. The van der Waals surface area contributed by atoms with E-state index in [-0.39, 0.29) is 31.8 Å². The Labute approximate surface area is 221 Å². The SMILES string of the molecule is Cc1cc(/C(F)=C/C(c2cc(Cl)c(Cl)c(Cl)c2)C(F)(F)F)ccc1C(=O)NC(C)NC(=O)CC(F)(F)F. The Hall–Kier alpha value is -2.50. The third kappa shape index (κ3) is 8.79. The number of carbonyl (C=O) groups is 2. The molecule has 0 spiro atoms. The van der Waals surface area contributed by atoms with Gasteiger partial charge < -0.3 is 10.6 Å². The molecule has 202 valence electrons. The number of benzene rings is 2. The number of rotatable bonds is 7. The number of amides is 2. The van der Waals surface area contributed by atoms with Gasteiger partial charge in [0, 0.05) is 11.1 Å². The van der Waals surface area contributed by atoms with E-state index >= 15 is 0 Å². The van der Waals surface area contributed by atoms with Crippen molar-refractivity contribution < 1.29 is 40.3 Å². The highest BCUT2D eigenvalue weighted by molar-refractivity contribution is 6.48. The van der Waals surface area contributed by atoms with E-state index < -0.39 is 54.1 Å². The zero-order chi connectivity index (χ0) is 28.3. The van der Waals surface area contributed by atoms with Gasteiger partial charge in [0.15, 0.2) is 0 Å². The van der Waals surface area contributed by atoms with Crippen molar-refractivity contribution in [1.82, 2.24) is 10.6 Å². The van der Waals surface area contributed by atoms with E-state index in [0.717, 1.165) is 30.3 Å². The van der Waals surface area contributed by atoms with Crippen molar-refractivity contribution in [2.24, 2.45) is 0 Å². The van der Waals surface area contributed by atoms with Gasteiger partial charge in [0.1, 0.15) is 18.2 Å². The minimum absolute atomic E-state index is 0.0443. The highest BCUT2D eigenvalue weighted by atomic mass is 35.5. The lowest BCUT2D eigenvalue weighted by atomic mass is 9.95. The summed E-state index contributed by atoms with van der Waals surface area (Å²) < 4.78 is 92.9. The van der Waals surface area contributed by atoms with Crippen LogP contribution in [0.3, 0.4) is 0 Å². The molecule has 0 aliphatic rings. The number of allylic oxidation sites excluding steroid dienone is 1. The molecule has 0 saturated heterocycles. The van der Waals surface area contributed by atoms with E-state index in [0.29, 0.717) is 6.08 Å². The van der Waals surface area contributed by atoms with Crippen LogP contribution in [-0.4, -0.2) is 30.3 Å². The lowest BCUT2D eigenvalue weighted by molar-refractivity contribution is -0.154. The average molecular weight is 594 g/mol. The van der Waals surface area contributed by atoms with Gasteiger partial charge in [-0.25, -0.2) is 4.39 Å². The number of hydrogen-bond donors (Lipinski definition) is 2. The number of aryl methyl sites for hydroxylation is 1. The molecule has 2 atom stereocenters. The van der Waals surface area contributed by atoms with Gasteiger partial charge in [-0.15, -0.1) is 0 Å². The minimum atomic E-state index is -4.92. The third-order valence-corrected chi connectivity index (χ3v) is 6.06. The first kappa shape index (κ1) is 30.7. The Balaban J connectivity index is 2.26. The Kier molecular flexibility index (Phi) is 9.89. The van der Waals surface area contributed by atoms with Crippen molar-refractivity contribution in [3.63, 3.8) is 0 Å². The van der Waals surface area contributed by atoms with Crippen LogP contribution in [0.1, 0.15) is 46.3 Å². The van der Waals surface area contributed by atoms with Crippen molar-refractivity contribution in [2.75, 3.05) is 0 Å². The largest absolute Gasteiger partial charge is 0.399 e. The van der Waals surface area contributed by atoms with Gasteiger partial charge in [-0.1, -0.05) is 40.9 Å². The second-order valence-electron chi connectivity index (χ2n) is 7.92. The second kappa shape index (κ2) is 11.9. The molecule has 0 aliphatic carbocycles. The highest BCUT2D eigenvalue weighted by Gasteiger charge is 2.40. The number of carbonyl (C=O) groups excluding carboxylic acids is 2. The number of nitrogens with one attached hydrogen (secondary N) is 2. The highest BCUT2D eigenvalue weighted by Crippen LogP contribution is 2.42. The first-order chi connectivity index (χ1) is 16.9. The van der Waals surface area contributed by atoms with Crippen LogP contribution in [0.25, 0.3) is 5.83 Å². The Morgan fingerprint density at radius 1 is 0.973 bits per heavy atom. The third-order valence-electron chi connectivity index (χ3n) is 4.86. The summed E-state index contributed by atoms with van der Waals surface area (Å²) in [6, 6.07) is 5.13. The van der Waals surface area contributed by atoms with Gasteiger partial charge in [0.05, 0.1) is 21.2 Å². The van der Waals surface area contributed by atoms with Crippen molar-refractivity contribution in [2.45, 2.75) is 44.7 Å². The lowest BCUT2D eigenvalue weighted by Crippen LogP contribution is -2.46. The summed E-state index contributed by atoms with van der Waals surface area (Å²) in [4.78, 5) is 23.8. The molecule has 4 nitrogen and oxygen atoms in total. The smallest absolute Gasteiger partial charge is 0.336 e. The first-order valence-electron chi connectivity index (χ1n) is 10.3. The predicted octanol–water partition coefficient (Wildman–Crippen LogP) is 7.76. The van der Waals surface area contributed by atoms with Crippen LogP contribution in [0, 0.1) is 6.92 Å². The predicted molar refractivity (Wildman–Crippen MR) is 126 cm³/mol. The van der Waals surface area contributed by atoms with E-state index in [9.17, 15) is 40.3 Å². The Morgan fingerprint density at radius 3 is 2.03 bits per heavy atom. The van der Waals surface area contributed by atoms with Crippen molar-refractivity contribution in [3.05, 3.63) is 73.7 Å².